The van der Waals surface area contributed by atoms with Crippen LogP contribution in [-0.4, -0.2) is 57.2 Å². The van der Waals surface area contributed by atoms with Crippen molar-refractivity contribution >= 4 is 5.78 Å². The molecule has 2 heterocycles. The lowest BCUT2D eigenvalue weighted by Crippen LogP contribution is -2.37. The molecule has 0 amide bonds. The van der Waals surface area contributed by atoms with Gasteiger partial charge >= 0.3 is 0 Å². The van der Waals surface area contributed by atoms with Crippen LogP contribution in [-0.2, 0) is 0 Å². The highest BCUT2D eigenvalue weighted by atomic mass is 16.6. The molecule has 2 aliphatic heterocycles. The molecular formula is C25H22O10. The zero-order valence-electron chi connectivity index (χ0n) is 18.4. The molecular weight excluding hydrogens is 460 g/mol. The lowest BCUT2D eigenvalue weighted by Gasteiger charge is -2.35. The number of aliphatic hydroxyl groups is 2. The predicted octanol–water partition coefficient (Wildman–Crippen LogP) is 2.36. The Morgan fingerprint density at radius 1 is 0.829 bits per heavy atom. The second-order valence-electron chi connectivity index (χ2n) is 8.20. The molecule has 3 aromatic rings. The summed E-state index contributed by atoms with van der Waals surface area (Å²) in [6.07, 6.45) is -4.28. The summed E-state index contributed by atoms with van der Waals surface area (Å²) < 4.78 is 23.0. The summed E-state index contributed by atoms with van der Waals surface area (Å²) in [5.41, 5.74) is 0.751. The van der Waals surface area contributed by atoms with Gasteiger partial charge in [-0.2, -0.15) is 0 Å². The molecule has 5 N–H and O–H groups in total. The Morgan fingerprint density at radius 3 is 2.29 bits per heavy atom. The van der Waals surface area contributed by atoms with E-state index in [0.29, 0.717) is 16.9 Å². The number of aliphatic hydroxyl groups excluding tert-OH is 2. The molecule has 10 heteroatoms. The molecule has 0 aromatic heterocycles. The normalized spacial score (nSPS) is 22.8. The van der Waals surface area contributed by atoms with Gasteiger partial charge in [0.25, 0.3) is 0 Å². The van der Waals surface area contributed by atoms with E-state index < -0.39 is 35.9 Å². The molecule has 35 heavy (non-hydrogen) atoms. The summed E-state index contributed by atoms with van der Waals surface area (Å²) in [4.78, 5) is 12.7. The Balaban J connectivity index is 1.49. The molecule has 5 rings (SSSR count). The van der Waals surface area contributed by atoms with E-state index in [4.69, 9.17) is 18.9 Å². The number of carbonyl (C=O) groups excluding carboxylic acids is 1. The van der Waals surface area contributed by atoms with E-state index >= 15 is 0 Å². The van der Waals surface area contributed by atoms with Gasteiger partial charge < -0.3 is 44.5 Å². The van der Waals surface area contributed by atoms with Gasteiger partial charge in [0.15, 0.2) is 47.4 Å². The van der Waals surface area contributed by atoms with Crippen LogP contribution < -0.4 is 18.9 Å². The number of ether oxygens (including phenoxy) is 4. The van der Waals surface area contributed by atoms with E-state index in [1.165, 1.54) is 19.2 Å². The van der Waals surface area contributed by atoms with Crippen LogP contribution in [0.15, 0.2) is 48.5 Å². The summed E-state index contributed by atoms with van der Waals surface area (Å²) in [6, 6.07) is 11.5. The largest absolute Gasteiger partial charge is 0.508 e. The maximum absolute atomic E-state index is 12.7. The third-order valence-electron chi connectivity index (χ3n) is 6.00. The van der Waals surface area contributed by atoms with Crippen molar-refractivity contribution in [3.8, 4) is 40.2 Å². The molecule has 0 radical (unpaired) electrons. The maximum Gasteiger partial charge on any atom is 0.202 e. The molecule has 182 valence electrons. The van der Waals surface area contributed by atoms with E-state index in [1.807, 2.05) is 0 Å². The van der Waals surface area contributed by atoms with E-state index in [-0.39, 0.29) is 40.9 Å². The monoisotopic (exact) mass is 482 g/mol. The van der Waals surface area contributed by atoms with Crippen molar-refractivity contribution in [1.29, 1.82) is 0 Å². The molecule has 2 aliphatic rings. The van der Waals surface area contributed by atoms with E-state index in [0.717, 1.165) is 6.07 Å². The van der Waals surface area contributed by atoms with Gasteiger partial charge in [-0.15, -0.1) is 0 Å². The van der Waals surface area contributed by atoms with Gasteiger partial charge in [-0.25, -0.2) is 0 Å². The van der Waals surface area contributed by atoms with Crippen LogP contribution in [0, 0.1) is 0 Å². The third-order valence-corrected chi connectivity index (χ3v) is 6.00. The number of aromatic hydroxyl groups is 3. The van der Waals surface area contributed by atoms with Gasteiger partial charge in [-0.1, -0.05) is 12.1 Å². The molecule has 0 saturated heterocycles. The Bertz CT molecular complexity index is 1300. The lowest BCUT2D eigenvalue weighted by atomic mass is 9.92. The summed E-state index contributed by atoms with van der Waals surface area (Å²) in [7, 11) is 1.41. The van der Waals surface area contributed by atoms with Crippen molar-refractivity contribution in [2.24, 2.45) is 0 Å². The van der Waals surface area contributed by atoms with Crippen LogP contribution in [0.1, 0.15) is 33.7 Å². The van der Waals surface area contributed by atoms with Gasteiger partial charge in [0, 0.05) is 17.7 Å². The van der Waals surface area contributed by atoms with Crippen molar-refractivity contribution in [1.82, 2.24) is 0 Å². The first-order valence-corrected chi connectivity index (χ1v) is 10.7. The van der Waals surface area contributed by atoms with Gasteiger partial charge in [0.1, 0.15) is 22.8 Å². The van der Waals surface area contributed by atoms with Gasteiger partial charge in [0.05, 0.1) is 13.7 Å². The minimum absolute atomic E-state index is 0.0540. The number of fused-ring (bicyclic) bond motifs is 2. The lowest BCUT2D eigenvalue weighted by molar-refractivity contribution is -0.0130. The number of methoxy groups -OCH3 is 1. The summed E-state index contributed by atoms with van der Waals surface area (Å²) in [6.45, 7) is -0.349. The first kappa shape index (κ1) is 22.6. The minimum Gasteiger partial charge on any atom is -0.508 e. The number of hydrogen-bond acceptors (Lipinski definition) is 10. The minimum atomic E-state index is -1.62. The number of phenolic OH excluding ortho intramolecular Hbond substituents is 3. The molecule has 3 aromatic carbocycles. The quantitative estimate of drug-likeness (QED) is 0.374. The number of carbonyl (C=O) groups is 1. The first-order chi connectivity index (χ1) is 16.8. The Kier molecular flexibility index (Phi) is 5.54. The van der Waals surface area contributed by atoms with Gasteiger partial charge in [-0.3, -0.25) is 4.79 Å². The topological polar surface area (TPSA) is 155 Å². The third kappa shape index (κ3) is 3.82. The fourth-order valence-corrected chi connectivity index (χ4v) is 4.28. The standard InChI is InChI=1S/C25H22O10/c1-32-17-6-11(2-4-14(17)28)24-20(10-26)33-16-5-3-12(7-18(16)34-24)25-23(31)22(30)21-15(29)8-13(27)9-19(21)35-25/h2-9,20,23-29,31H,10H2,1H3/t20-,23-,24+,25+/m1/s1. The fourth-order valence-electron chi connectivity index (χ4n) is 4.28. The number of ketones is 1. The number of benzene rings is 3. The van der Waals surface area contributed by atoms with Crippen LogP contribution >= 0.6 is 0 Å². The fraction of sp³-hybridized carbons (Fsp3) is 0.240. The number of Topliss-reactive ketones (excluding diaryl/α,β-unsaturated/α-hetero) is 1. The van der Waals surface area contributed by atoms with Crippen LogP contribution in [0.5, 0.6) is 40.2 Å². The Morgan fingerprint density at radius 2 is 1.54 bits per heavy atom. The number of phenols is 3. The Hall–Kier alpha value is -4.15. The molecule has 0 aliphatic carbocycles. The summed E-state index contributed by atoms with van der Waals surface area (Å²) in [5.74, 6) is -0.823. The van der Waals surface area contributed by atoms with Crippen molar-refractivity contribution in [3.05, 3.63) is 65.2 Å². The molecule has 4 atom stereocenters. The van der Waals surface area contributed by atoms with Crippen molar-refractivity contribution in [3.63, 3.8) is 0 Å². The SMILES string of the molecule is COc1cc([C@@H]2Oc3cc([C@@H]4Oc5cc(O)cc(O)c5C(=O)[C@H]4O)ccc3O[C@@H]2CO)ccc1O. The Labute approximate surface area is 199 Å². The van der Waals surface area contributed by atoms with Crippen LogP contribution in [0.4, 0.5) is 0 Å². The number of rotatable bonds is 4. The smallest absolute Gasteiger partial charge is 0.202 e. The summed E-state index contributed by atoms with van der Waals surface area (Å²) >= 11 is 0. The van der Waals surface area contributed by atoms with Crippen molar-refractivity contribution in [2.45, 2.75) is 24.4 Å². The molecule has 0 spiro atoms. The van der Waals surface area contributed by atoms with Crippen molar-refractivity contribution in [2.75, 3.05) is 13.7 Å². The molecule has 0 fully saturated rings. The zero-order valence-corrected chi connectivity index (χ0v) is 18.4. The average Bonchev–Trinajstić information content (AvgIpc) is 2.85. The van der Waals surface area contributed by atoms with Gasteiger partial charge in [0.2, 0.25) is 5.78 Å². The van der Waals surface area contributed by atoms with E-state index in [2.05, 4.69) is 0 Å². The molecule has 10 nitrogen and oxygen atoms in total. The molecule has 0 saturated carbocycles. The highest BCUT2D eigenvalue weighted by Gasteiger charge is 2.40. The summed E-state index contributed by atoms with van der Waals surface area (Å²) in [5, 5.41) is 50.2. The highest BCUT2D eigenvalue weighted by molar-refractivity contribution is 6.05. The van der Waals surface area contributed by atoms with Gasteiger partial charge in [-0.05, 0) is 29.8 Å². The second kappa shape index (κ2) is 8.57. The second-order valence-corrected chi connectivity index (χ2v) is 8.20. The molecule has 0 unspecified atom stereocenters. The maximum atomic E-state index is 12.7. The number of hydrogen-bond donors (Lipinski definition) is 5. The van der Waals surface area contributed by atoms with E-state index in [9.17, 15) is 30.3 Å². The first-order valence-electron chi connectivity index (χ1n) is 10.7. The van der Waals surface area contributed by atoms with Crippen molar-refractivity contribution < 1.29 is 49.3 Å². The van der Waals surface area contributed by atoms with Crippen LogP contribution in [0.25, 0.3) is 0 Å². The molecule has 0 bridgehead atoms. The zero-order chi connectivity index (χ0) is 24.9. The van der Waals surface area contributed by atoms with Crippen LogP contribution in [0.3, 0.4) is 0 Å². The predicted molar refractivity (Wildman–Crippen MR) is 119 cm³/mol. The van der Waals surface area contributed by atoms with E-state index in [1.54, 1.807) is 30.3 Å². The van der Waals surface area contributed by atoms with Crippen LogP contribution in [0.2, 0.25) is 0 Å². The highest BCUT2D eigenvalue weighted by Crippen LogP contribution is 2.45. The average molecular weight is 482 g/mol.